The molecule has 0 fully saturated rings. The predicted molar refractivity (Wildman–Crippen MR) is 93.7 cm³/mol. The van der Waals surface area contributed by atoms with Crippen LogP contribution in [0.25, 0.3) is 5.65 Å². The van der Waals surface area contributed by atoms with Crippen molar-refractivity contribution in [3.8, 4) is 0 Å². The van der Waals surface area contributed by atoms with E-state index < -0.39 is 0 Å². The highest BCUT2D eigenvalue weighted by atomic mass is 35.5. The van der Waals surface area contributed by atoms with Gasteiger partial charge in [0.05, 0.1) is 6.20 Å². The summed E-state index contributed by atoms with van der Waals surface area (Å²) < 4.78 is 1.83. The van der Waals surface area contributed by atoms with Gasteiger partial charge in [-0.15, -0.1) is 0 Å². The van der Waals surface area contributed by atoms with Gasteiger partial charge >= 0.3 is 0 Å². The number of nitrogens with one attached hydrogen (secondary N) is 1. The summed E-state index contributed by atoms with van der Waals surface area (Å²) in [6.07, 6.45) is 9.07. The summed E-state index contributed by atoms with van der Waals surface area (Å²) in [7, 11) is 0. The maximum absolute atomic E-state index is 12.6. The lowest BCUT2D eigenvalue weighted by molar-refractivity contribution is 0.102. The molecule has 1 N–H and O–H groups in total. The van der Waals surface area contributed by atoms with Crippen LogP contribution in [0.1, 0.15) is 40.9 Å². The summed E-state index contributed by atoms with van der Waals surface area (Å²) in [6, 6.07) is 7.02. The van der Waals surface area contributed by atoms with Crippen molar-refractivity contribution in [1.29, 1.82) is 0 Å². The van der Waals surface area contributed by atoms with E-state index in [-0.39, 0.29) is 5.91 Å². The average Bonchev–Trinajstić information content (AvgIpc) is 2.87. The SMILES string of the molecule is O=C(Nc1ccc(Cl)cc1)c1cnn2c3c(cnc12)CCCCC3. The van der Waals surface area contributed by atoms with Crippen LogP contribution in [0.3, 0.4) is 0 Å². The van der Waals surface area contributed by atoms with E-state index in [2.05, 4.69) is 15.4 Å². The van der Waals surface area contributed by atoms with Gasteiger partial charge in [-0.1, -0.05) is 18.0 Å². The van der Waals surface area contributed by atoms with Crippen molar-refractivity contribution in [2.24, 2.45) is 0 Å². The minimum absolute atomic E-state index is 0.214. The number of anilines is 1. The fourth-order valence-corrected chi connectivity index (χ4v) is 3.29. The molecule has 1 aromatic carbocycles. The number of benzene rings is 1. The zero-order valence-corrected chi connectivity index (χ0v) is 13.9. The number of aryl methyl sites for hydroxylation is 2. The fourth-order valence-electron chi connectivity index (χ4n) is 3.17. The topological polar surface area (TPSA) is 59.3 Å². The van der Waals surface area contributed by atoms with Gasteiger partial charge in [-0.2, -0.15) is 5.10 Å². The van der Waals surface area contributed by atoms with Crippen LogP contribution in [0.15, 0.2) is 36.7 Å². The molecule has 5 nitrogen and oxygen atoms in total. The van der Waals surface area contributed by atoms with Gasteiger partial charge in [-0.3, -0.25) is 4.79 Å². The molecular weight excluding hydrogens is 324 g/mol. The first kappa shape index (κ1) is 15.1. The number of aromatic nitrogens is 3. The summed E-state index contributed by atoms with van der Waals surface area (Å²) in [6.45, 7) is 0. The minimum atomic E-state index is -0.214. The smallest absolute Gasteiger partial charge is 0.261 e. The van der Waals surface area contributed by atoms with E-state index >= 15 is 0 Å². The Morgan fingerprint density at radius 1 is 1.08 bits per heavy atom. The molecule has 1 amide bonds. The molecule has 3 aromatic rings. The third kappa shape index (κ3) is 2.76. The first-order chi connectivity index (χ1) is 11.7. The quantitative estimate of drug-likeness (QED) is 0.720. The van der Waals surface area contributed by atoms with Gasteiger partial charge in [-0.25, -0.2) is 9.50 Å². The Morgan fingerprint density at radius 3 is 2.71 bits per heavy atom. The van der Waals surface area contributed by atoms with E-state index in [1.807, 2.05) is 10.7 Å². The predicted octanol–water partition coefficient (Wildman–Crippen LogP) is 3.90. The van der Waals surface area contributed by atoms with Crippen LogP contribution in [0.5, 0.6) is 0 Å². The molecule has 0 saturated carbocycles. The molecule has 6 heteroatoms. The molecule has 0 radical (unpaired) electrons. The Bertz CT molecular complexity index is 901. The van der Waals surface area contributed by atoms with Crippen LogP contribution < -0.4 is 5.32 Å². The Labute approximate surface area is 144 Å². The van der Waals surface area contributed by atoms with Gasteiger partial charge in [0.25, 0.3) is 5.91 Å². The molecule has 1 aliphatic rings. The van der Waals surface area contributed by atoms with Crippen molar-refractivity contribution < 1.29 is 4.79 Å². The Balaban J connectivity index is 1.68. The first-order valence-corrected chi connectivity index (χ1v) is 8.51. The second kappa shape index (κ2) is 6.24. The van der Waals surface area contributed by atoms with Crippen LogP contribution in [0, 0.1) is 0 Å². The van der Waals surface area contributed by atoms with E-state index in [4.69, 9.17) is 11.6 Å². The van der Waals surface area contributed by atoms with Gasteiger partial charge in [0.2, 0.25) is 0 Å². The van der Waals surface area contributed by atoms with Gasteiger partial charge in [0, 0.05) is 22.6 Å². The molecule has 2 aromatic heterocycles. The molecule has 0 spiro atoms. The number of nitrogens with zero attached hydrogens (tertiary/aromatic N) is 3. The van der Waals surface area contributed by atoms with Crippen molar-refractivity contribution in [1.82, 2.24) is 14.6 Å². The van der Waals surface area contributed by atoms with Crippen LogP contribution in [-0.2, 0) is 12.8 Å². The number of amides is 1. The number of halogens is 1. The summed E-state index contributed by atoms with van der Waals surface area (Å²) in [5.41, 5.74) is 4.22. The van der Waals surface area contributed by atoms with Crippen molar-refractivity contribution in [2.75, 3.05) is 5.32 Å². The number of carbonyl (C=O) groups is 1. The van der Waals surface area contributed by atoms with Crippen molar-refractivity contribution >= 4 is 28.8 Å². The van der Waals surface area contributed by atoms with Crippen LogP contribution in [0.2, 0.25) is 5.02 Å². The Morgan fingerprint density at radius 2 is 1.88 bits per heavy atom. The molecule has 1 aliphatic carbocycles. The highest BCUT2D eigenvalue weighted by Gasteiger charge is 2.19. The lowest BCUT2D eigenvalue weighted by Gasteiger charge is -2.08. The zero-order valence-electron chi connectivity index (χ0n) is 13.1. The first-order valence-electron chi connectivity index (χ1n) is 8.14. The lowest BCUT2D eigenvalue weighted by atomic mass is 10.1. The molecule has 4 rings (SSSR count). The highest BCUT2D eigenvalue weighted by molar-refractivity contribution is 6.30. The fraction of sp³-hybridized carbons (Fsp3) is 0.278. The summed E-state index contributed by atoms with van der Waals surface area (Å²) in [5, 5.41) is 7.92. The molecule has 0 bridgehead atoms. The molecule has 24 heavy (non-hydrogen) atoms. The van der Waals surface area contributed by atoms with Gasteiger partial charge in [0.1, 0.15) is 5.56 Å². The molecule has 2 heterocycles. The molecule has 0 aliphatic heterocycles. The molecule has 0 saturated heterocycles. The van der Waals surface area contributed by atoms with E-state index in [9.17, 15) is 4.79 Å². The van der Waals surface area contributed by atoms with E-state index in [1.54, 1.807) is 30.5 Å². The summed E-state index contributed by atoms with van der Waals surface area (Å²) >= 11 is 5.87. The molecule has 0 atom stereocenters. The Hall–Kier alpha value is -2.40. The lowest BCUT2D eigenvalue weighted by Crippen LogP contribution is -2.12. The number of hydrogen-bond donors (Lipinski definition) is 1. The van der Waals surface area contributed by atoms with E-state index in [0.29, 0.717) is 21.9 Å². The summed E-state index contributed by atoms with van der Waals surface area (Å²) in [4.78, 5) is 17.1. The summed E-state index contributed by atoms with van der Waals surface area (Å²) in [5.74, 6) is -0.214. The second-order valence-electron chi connectivity index (χ2n) is 6.05. The maximum atomic E-state index is 12.6. The van der Waals surface area contributed by atoms with Gasteiger partial charge < -0.3 is 5.32 Å². The van der Waals surface area contributed by atoms with Gasteiger partial charge in [-0.05, 0) is 55.5 Å². The normalized spacial score (nSPS) is 14.2. The van der Waals surface area contributed by atoms with E-state index in [0.717, 1.165) is 19.3 Å². The highest BCUT2D eigenvalue weighted by Crippen LogP contribution is 2.22. The van der Waals surface area contributed by atoms with Crippen LogP contribution in [0.4, 0.5) is 5.69 Å². The largest absolute Gasteiger partial charge is 0.322 e. The average molecular weight is 341 g/mol. The standard InChI is InChI=1S/C18H17ClN4O/c19-13-6-8-14(9-7-13)22-18(24)15-11-21-23-16-5-3-1-2-4-12(16)10-20-17(15)23/h6-11H,1-5H2,(H,22,24). The monoisotopic (exact) mass is 340 g/mol. The van der Waals surface area contributed by atoms with Crippen molar-refractivity contribution in [3.63, 3.8) is 0 Å². The minimum Gasteiger partial charge on any atom is -0.322 e. The van der Waals surface area contributed by atoms with Gasteiger partial charge in [0.15, 0.2) is 5.65 Å². The number of hydrogen-bond acceptors (Lipinski definition) is 3. The van der Waals surface area contributed by atoms with E-state index in [1.165, 1.54) is 24.1 Å². The molecule has 122 valence electrons. The number of carbonyl (C=O) groups excluding carboxylic acids is 1. The third-order valence-corrected chi connectivity index (χ3v) is 4.67. The van der Waals surface area contributed by atoms with Crippen LogP contribution >= 0.6 is 11.6 Å². The van der Waals surface area contributed by atoms with Crippen molar-refractivity contribution in [2.45, 2.75) is 32.1 Å². The number of rotatable bonds is 2. The van der Waals surface area contributed by atoms with Crippen LogP contribution in [-0.4, -0.2) is 20.5 Å². The number of fused-ring (bicyclic) bond motifs is 3. The second-order valence-corrected chi connectivity index (χ2v) is 6.48. The zero-order chi connectivity index (χ0) is 16.5. The molecule has 0 unspecified atom stereocenters. The van der Waals surface area contributed by atoms with Crippen molar-refractivity contribution in [3.05, 3.63) is 58.5 Å². The Kier molecular flexibility index (Phi) is 3.94. The maximum Gasteiger partial charge on any atom is 0.261 e. The third-order valence-electron chi connectivity index (χ3n) is 4.42. The molecular formula is C18H17ClN4O.